The molecule has 26 heavy (non-hydrogen) atoms. The van der Waals surface area contributed by atoms with Crippen LogP contribution in [0.25, 0.3) is 0 Å². The largest absolute Gasteiger partial charge is 0.379 e. The van der Waals surface area contributed by atoms with Crippen LogP contribution in [0.2, 0.25) is 0 Å². The van der Waals surface area contributed by atoms with Gasteiger partial charge in [-0.25, -0.2) is 0 Å². The second-order valence-electron chi connectivity index (χ2n) is 6.02. The SMILES string of the molecule is CC(=O)N1c2ccc(S(=O)(=O)Oc3ccc([N+](=O)[O-])cc3)cc2C[C@H]1C. The molecule has 9 heteroatoms. The summed E-state index contributed by atoms with van der Waals surface area (Å²) >= 11 is 0. The number of benzene rings is 2. The van der Waals surface area contributed by atoms with Crippen molar-refractivity contribution in [3.63, 3.8) is 0 Å². The number of rotatable bonds is 4. The number of nitro groups is 1. The molecule has 0 spiro atoms. The summed E-state index contributed by atoms with van der Waals surface area (Å²) in [6.07, 6.45) is 0.551. The van der Waals surface area contributed by atoms with Gasteiger partial charge in [-0.15, -0.1) is 0 Å². The first kappa shape index (κ1) is 17.9. The molecule has 0 bridgehead atoms. The highest BCUT2D eigenvalue weighted by molar-refractivity contribution is 7.87. The lowest BCUT2D eigenvalue weighted by molar-refractivity contribution is -0.384. The normalized spacial score (nSPS) is 16.2. The molecule has 0 N–H and O–H groups in total. The molecule has 0 unspecified atom stereocenters. The number of carbonyl (C=O) groups excluding carboxylic acids is 1. The van der Waals surface area contributed by atoms with E-state index in [9.17, 15) is 23.3 Å². The van der Waals surface area contributed by atoms with Crippen molar-refractivity contribution >= 4 is 27.4 Å². The van der Waals surface area contributed by atoms with Gasteiger partial charge in [0.05, 0.1) is 4.92 Å². The van der Waals surface area contributed by atoms with Gasteiger partial charge in [-0.2, -0.15) is 8.42 Å². The summed E-state index contributed by atoms with van der Waals surface area (Å²) in [5.41, 5.74) is 1.28. The molecule has 0 saturated carbocycles. The zero-order chi connectivity index (χ0) is 19.1. The van der Waals surface area contributed by atoms with Gasteiger partial charge in [0, 0.05) is 30.8 Å². The van der Waals surface area contributed by atoms with Crippen LogP contribution in [0.5, 0.6) is 5.75 Å². The van der Waals surface area contributed by atoms with Gasteiger partial charge in [-0.1, -0.05) is 0 Å². The fraction of sp³-hybridized carbons (Fsp3) is 0.235. The summed E-state index contributed by atoms with van der Waals surface area (Å²) in [4.78, 5) is 23.4. The fourth-order valence-electron chi connectivity index (χ4n) is 3.04. The van der Waals surface area contributed by atoms with Crippen LogP contribution in [0.1, 0.15) is 19.4 Å². The van der Waals surface area contributed by atoms with E-state index < -0.39 is 15.0 Å². The third kappa shape index (κ3) is 3.25. The molecule has 0 aliphatic carbocycles. The van der Waals surface area contributed by atoms with Crippen LogP contribution < -0.4 is 9.08 Å². The van der Waals surface area contributed by atoms with Gasteiger partial charge in [0.25, 0.3) is 5.69 Å². The molecular weight excluding hydrogens is 360 g/mol. The Morgan fingerprint density at radius 2 is 1.88 bits per heavy atom. The van der Waals surface area contributed by atoms with Crippen molar-refractivity contribution < 1.29 is 22.3 Å². The van der Waals surface area contributed by atoms with Crippen LogP contribution in [-0.4, -0.2) is 25.3 Å². The van der Waals surface area contributed by atoms with Crippen molar-refractivity contribution in [2.24, 2.45) is 0 Å². The van der Waals surface area contributed by atoms with Crippen LogP contribution in [0, 0.1) is 10.1 Å². The third-order valence-corrected chi connectivity index (χ3v) is 5.39. The first-order chi connectivity index (χ1) is 12.2. The minimum absolute atomic E-state index is 0.0187. The van der Waals surface area contributed by atoms with E-state index in [2.05, 4.69) is 0 Å². The Kier molecular flexibility index (Phi) is 4.41. The topological polar surface area (TPSA) is 107 Å². The second kappa shape index (κ2) is 6.41. The van der Waals surface area contributed by atoms with E-state index in [0.29, 0.717) is 12.1 Å². The van der Waals surface area contributed by atoms with Gasteiger partial charge in [0.2, 0.25) is 5.91 Å². The van der Waals surface area contributed by atoms with Crippen LogP contribution in [0.15, 0.2) is 47.4 Å². The van der Waals surface area contributed by atoms with Crippen molar-refractivity contribution in [3.8, 4) is 5.75 Å². The number of amides is 1. The van der Waals surface area contributed by atoms with Crippen LogP contribution in [0.4, 0.5) is 11.4 Å². The average molecular weight is 376 g/mol. The highest BCUT2D eigenvalue weighted by Gasteiger charge is 2.30. The molecule has 1 atom stereocenters. The van der Waals surface area contributed by atoms with Gasteiger partial charge in [0.1, 0.15) is 10.6 Å². The van der Waals surface area contributed by atoms with E-state index in [0.717, 1.165) is 5.56 Å². The molecule has 2 aromatic carbocycles. The van der Waals surface area contributed by atoms with Crippen molar-refractivity contribution in [2.45, 2.75) is 31.2 Å². The number of nitrogens with zero attached hydrogens (tertiary/aromatic N) is 2. The maximum atomic E-state index is 12.5. The zero-order valence-electron chi connectivity index (χ0n) is 14.1. The molecule has 3 rings (SSSR count). The Labute approximate surface area is 150 Å². The molecule has 2 aromatic rings. The molecule has 1 amide bonds. The minimum Gasteiger partial charge on any atom is -0.379 e. The Hall–Kier alpha value is -2.94. The molecule has 0 saturated heterocycles. The lowest BCUT2D eigenvalue weighted by Crippen LogP contribution is -2.33. The number of hydrogen-bond donors (Lipinski definition) is 0. The lowest BCUT2D eigenvalue weighted by Gasteiger charge is -2.20. The van der Waals surface area contributed by atoms with E-state index in [1.54, 1.807) is 11.0 Å². The molecule has 8 nitrogen and oxygen atoms in total. The van der Waals surface area contributed by atoms with Gasteiger partial charge in [-0.05, 0) is 49.2 Å². The lowest BCUT2D eigenvalue weighted by atomic mass is 10.1. The van der Waals surface area contributed by atoms with Gasteiger partial charge >= 0.3 is 10.1 Å². The van der Waals surface area contributed by atoms with E-state index in [1.165, 1.54) is 43.3 Å². The number of nitro benzene ring substituents is 1. The predicted octanol–water partition coefficient (Wildman–Crippen LogP) is 2.66. The highest BCUT2D eigenvalue weighted by Crippen LogP contribution is 2.34. The highest BCUT2D eigenvalue weighted by atomic mass is 32.2. The Bertz CT molecular complexity index is 985. The van der Waals surface area contributed by atoms with E-state index >= 15 is 0 Å². The molecule has 1 heterocycles. The summed E-state index contributed by atoms with van der Waals surface area (Å²) in [7, 11) is -4.10. The molecular formula is C17H16N2O6S. The number of hydrogen-bond acceptors (Lipinski definition) is 6. The zero-order valence-corrected chi connectivity index (χ0v) is 14.9. The Morgan fingerprint density at radius 1 is 1.23 bits per heavy atom. The van der Waals surface area contributed by atoms with Gasteiger partial charge < -0.3 is 9.08 Å². The molecule has 1 aliphatic heterocycles. The van der Waals surface area contributed by atoms with E-state index in [1.807, 2.05) is 6.92 Å². The maximum Gasteiger partial charge on any atom is 0.339 e. The van der Waals surface area contributed by atoms with Crippen molar-refractivity contribution in [1.82, 2.24) is 0 Å². The number of carbonyl (C=O) groups is 1. The van der Waals surface area contributed by atoms with Crippen molar-refractivity contribution in [2.75, 3.05) is 4.90 Å². The molecule has 136 valence electrons. The first-order valence-electron chi connectivity index (χ1n) is 7.81. The monoisotopic (exact) mass is 376 g/mol. The van der Waals surface area contributed by atoms with E-state index in [-0.39, 0.29) is 28.3 Å². The van der Waals surface area contributed by atoms with Crippen LogP contribution >= 0.6 is 0 Å². The standard InChI is InChI=1S/C17H16N2O6S/c1-11-9-13-10-16(7-8-17(13)18(11)12(2)20)26(23,24)25-15-5-3-14(4-6-15)19(21)22/h3-8,10-11H,9H2,1-2H3/t11-/m1/s1. The van der Waals surface area contributed by atoms with Gasteiger partial charge in [0.15, 0.2) is 0 Å². The first-order valence-corrected chi connectivity index (χ1v) is 9.21. The molecule has 0 aromatic heterocycles. The number of anilines is 1. The van der Waals surface area contributed by atoms with Crippen molar-refractivity contribution in [1.29, 1.82) is 0 Å². The summed E-state index contributed by atoms with van der Waals surface area (Å²) in [6, 6.07) is 9.21. The smallest absolute Gasteiger partial charge is 0.339 e. The quantitative estimate of drug-likeness (QED) is 0.461. The van der Waals surface area contributed by atoms with Crippen molar-refractivity contribution in [3.05, 3.63) is 58.1 Å². The second-order valence-corrected chi connectivity index (χ2v) is 7.57. The average Bonchev–Trinajstić information content (AvgIpc) is 2.89. The van der Waals surface area contributed by atoms with Crippen LogP contribution in [-0.2, 0) is 21.3 Å². The number of non-ortho nitro benzene ring substituents is 1. The number of fused-ring (bicyclic) bond motifs is 1. The van der Waals surface area contributed by atoms with Gasteiger partial charge in [-0.3, -0.25) is 14.9 Å². The summed E-state index contributed by atoms with van der Waals surface area (Å²) in [5.74, 6) is -0.121. The predicted molar refractivity (Wildman–Crippen MR) is 93.7 cm³/mol. The summed E-state index contributed by atoms with van der Waals surface area (Å²) < 4.78 is 30.0. The Morgan fingerprint density at radius 3 is 2.46 bits per heavy atom. The molecule has 0 fully saturated rings. The molecule has 0 radical (unpaired) electrons. The Balaban J connectivity index is 1.88. The third-order valence-electron chi connectivity index (χ3n) is 4.15. The fourth-order valence-corrected chi connectivity index (χ4v) is 4.02. The molecule has 1 aliphatic rings. The minimum atomic E-state index is -4.10. The summed E-state index contributed by atoms with van der Waals surface area (Å²) in [6.45, 7) is 3.36. The maximum absolute atomic E-state index is 12.5. The van der Waals surface area contributed by atoms with E-state index in [4.69, 9.17) is 4.18 Å². The summed E-state index contributed by atoms with van der Waals surface area (Å²) in [5, 5.41) is 10.6. The van der Waals surface area contributed by atoms with Crippen LogP contribution in [0.3, 0.4) is 0 Å².